The molecule has 5 rings (SSSR count). The first kappa shape index (κ1) is 21.4. The maximum atomic E-state index is 5.65. The summed E-state index contributed by atoms with van der Waals surface area (Å²) in [7, 11) is 0. The van der Waals surface area contributed by atoms with Crippen molar-refractivity contribution >= 4 is 0 Å². The summed E-state index contributed by atoms with van der Waals surface area (Å²) in [5, 5.41) is 4.38. The molecule has 1 aliphatic carbocycles. The van der Waals surface area contributed by atoms with E-state index in [-0.39, 0.29) is 5.41 Å². The van der Waals surface area contributed by atoms with Gasteiger partial charge in [-0.1, -0.05) is 19.0 Å². The molecule has 0 spiro atoms. The topological polar surface area (TPSA) is 99.1 Å². The Morgan fingerprint density at radius 1 is 1.09 bits per heavy atom. The fourth-order valence-corrected chi connectivity index (χ4v) is 5.14. The van der Waals surface area contributed by atoms with Crippen LogP contribution < -0.4 is 0 Å². The highest BCUT2D eigenvalue weighted by atomic mass is 16.5. The van der Waals surface area contributed by atoms with Crippen molar-refractivity contribution in [2.24, 2.45) is 11.3 Å². The molecule has 1 saturated heterocycles. The molecule has 4 heterocycles. The van der Waals surface area contributed by atoms with E-state index in [1.807, 2.05) is 24.8 Å². The fourth-order valence-electron chi connectivity index (χ4n) is 5.14. The quantitative estimate of drug-likeness (QED) is 0.529. The van der Waals surface area contributed by atoms with E-state index in [1.54, 1.807) is 0 Å². The van der Waals surface area contributed by atoms with Crippen molar-refractivity contribution in [1.29, 1.82) is 0 Å². The van der Waals surface area contributed by atoms with Gasteiger partial charge >= 0.3 is 0 Å². The number of aromatic amines is 2. The van der Waals surface area contributed by atoms with Gasteiger partial charge in [-0.05, 0) is 24.2 Å². The van der Waals surface area contributed by atoms with Crippen molar-refractivity contribution in [3.05, 3.63) is 54.0 Å². The van der Waals surface area contributed by atoms with Gasteiger partial charge in [0.25, 0.3) is 0 Å². The summed E-state index contributed by atoms with van der Waals surface area (Å²) < 4.78 is 11.1. The number of morpholine rings is 1. The molecule has 3 aromatic heterocycles. The van der Waals surface area contributed by atoms with Crippen LogP contribution in [0.5, 0.6) is 0 Å². The maximum Gasteiger partial charge on any atom is 0.150 e. The summed E-state index contributed by atoms with van der Waals surface area (Å²) in [4.78, 5) is 20.2. The molecule has 9 heteroatoms. The van der Waals surface area contributed by atoms with Crippen LogP contribution in [0.1, 0.15) is 43.4 Å². The van der Waals surface area contributed by atoms with Crippen LogP contribution in [-0.2, 0) is 30.8 Å². The van der Waals surface area contributed by atoms with Crippen LogP contribution in [0.2, 0.25) is 0 Å². The smallest absolute Gasteiger partial charge is 0.150 e. The summed E-state index contributed by atoms with van der Waals surface area (Å²) in [5.41, 5.74) is 1.22. The number of aromatic nitrogens is 5. The number of ether oxygens (including phenoxy) is 1. The highest BCUT2D eigenvalue weighted by Gasteiger charge is 2.50. The normalized spacial score (nSPS) is 23.5. The van der Waals surface area contributed by atoms with Crippen LogP contribution in [-0.4, -0.2) is 67.2 Å². The van der Waals surface area contributed by atoms with E-state index in [0.717, 1.165) is 81.9 Å². The zero-order chi connectivity index (χ0) is 22.0. The van der Waals surface area contributed by atoms with Gasteiger partial charge in [0.05, 0.1) is 38.5 Å². The molecule has 9 nitrogen and oxygen atoms in total. The first-order valence-electron chi connectivity index (χ1n) is 11.5. The van der Waals surface area contributed by atoms with Gasteiger partial charge in [0.1, 0.15) is 11.6 Å². The summed E-state index contributed by atoms with van der Waals surface area (Å²) in [6, 6.07) is 2.59. The molecule has 0 bridgehead atoms. The summed E-state index contributed by atoms with van der Waals surface area (Å²) >= 11 is 0. The van der Waals surface area contributed by atoms with Gasteiger partial charge < -0.3 is 19.2 Å². The Labute approximate surface area is 188 Å². The zero-order valence-electron chi connectivity index (χ0n) is 19.0. The third-order valence-electron chi connectivity index (χ3n) is 7.22. The first-order chi connectivity index (χ1) is 15.6. The molecule has 0 radical (unpaired) electrons. The predicted octanol–water partition coefficient (Wildman–Crippen LogP) is 2.61. The Bertz CT molecular complexity index is 924. The third kappa shape index (κ3) is 4.65. The molecule has 0 amide bonds. The molecule has 1 aliphatic heterocycles. The van der Waals surface area contributed by atoms with Gasteiger partial charge in [0, 0.05) is 50.0 Å². The highest BCUT2D eigenvalue weighted by Crippen LogP contribution is 2.51. The minimum absolute atomic E-state index is 0.155. The molecule has 0 aromatic carbocycles. The zero-order valence-corrected chi connectivity index (χ0v) is 19.0. The van der Waals surface area contributed by atoms with Crippen molar-refractivity contribution in [2.45, 2.75) is 52.4 Å². The van der Waals surface area contributed by atoms with Crippen LogP contribution in [0.4, 0.5) is 0 Å². The predicted molar refractivity (Wildman–Crippen MR) is 118 cm³/mol. The van der Waals surface area contributed by atoms with Gasteiger partial charge in [-0.2, -0.15) is 0 Å². The van der Waals surface area contributed by atoms with Crippen LogP contribution in [0, 0.1) is 11.3 Å². The highest BCUT2D eigenvalue weighted by molar-refractivity contribution is 5.12. The maximum absolute atomic E-state index is 5.65. The second-order valence-corrected chi connectivity index (χ2v) is 9.62. The molecule has 0 unspecified atom stereocenters. The number of nitrogens with one attached hydrogen (secondary N) is 2. The number of rotatable bonds is 9. The average molecular weight is 440 g/mol. The average Bonchev–Trinajstić information content (AvgIpc) is 3.55. The molecule has 2 N–H and O–H groups in total. The van der Waals surface area contributed by atoms with Crippen LogP contribution in [0.25, 0.3) is 0 Å². The molecule has 1 saturated carbocycles. The molecule has 3 aromatic rings. The first-order valence-corrected chi connectivity index (χ1v) is 11.5. The number of nitrogens with zero attached hydrogens (tertiary/aromatic N) is 5. The van der Waals surface area contributed by atoms with E-state index < -0.39 is 0 Å². The molecule has 32 heavy (non-hydrogen) atoms. The van der Waals surface area contributed by atoms with Crippen LogP contribution in [0.3, 0.4) is 0 Å². The third-order valence-corrected chi connectivity index (χ3v) is 7.22. The van der Waals surface area contributed by atoms with Gasteiger partial charge in [-0.15, -0.1) is 0 Å². The largest absolute Gasteiger partial charge is 0.379 e. The van der Waals surface area contributed by atoms with Gasteiger partial charge in [0.15, 0.2) is 5.76 Å². The molecule has 172 valence electrons. The van der Waals surface area contributed by atoms with E-state index in [4.69, 9.17) is 9.26 Å². The summed E-state index contributed by atoms with van der Waals surface area (Å²) in [5.74, 6) is 3.48. The molecule has 2 atom stereocenters. The molecule has 2 aliphatic rings. The van der Waals surface area contributed by atoms with Crippen LogP contribution in [0.15, 0.2) is 35.4 Å². The summed E-state index contributed by atoms with van der Waals surface area (Å²) in [6.45, 7) is 10.6. The lowest BCUT2D eigenvalue weighted by Crippen LogP contribution is -2.58. The minimum atomic E-state index is 0.155. The SMILES string of the molecule is CC1(C)[C@H](Cc2cc(CN3CCOCC3)on2)C[C@@H]1N(Cc1ncc[nH]1)Cc1ncc[nH]1. The van der Waals surface area contributed by atoms with E-state index in [0.29, 0.717) is 12.0 Å². The van der Waals surface area contributed by atoms with Crippen molar-refractivity contribution in [3.8, 4) is 0 Å². The van der Waals surface area contributed by atoms with Crippen molar-refractivity contribution in [3.63, 3.8) is 0 Å². The van der Waals surface area contributed by atoms with E-state index >= 15 is 0 Å². The van der Waals surface area contributed by atoms with Crippen molar-refractivity contribution < 1.29 is 9.26 Å². The van der Waals surface area contributed by atoms with E-state index in [9.17, 15) is 0 Å². The minimum Gasteiger partial charge on any atom is -0.379 e. The Morgan fingerprint density at radius 2 is 1.78 bits per heavy atom. The van der Waals surface area contributed by atoms with Crippen molar-refractivity contribution in [2.75, 3.05) is 26.3 Å². The van der Waals surface area contributed by atoms with Gasteiger partial charge in [-0.25, -0.2) is 9.97 Å². The van der Waals surface area contributed by atoms with Crippen LogP contribution >= 0.6 is 0 Å². The lowest BCUT2D eigenvalue weighted by atomic mass is 9.56. The monoisotopic (exact) mass is 439 g/mol. The number of hydrogen-bond donors (Lipinski definition) is 2. The van der Waals surface area contributed by atoms with Gasteiger partial charge in [0.2, 0.25) is 0 Å². The standard InChI is InChI=1S/C23H33N7O2/c1-23(2)17(11-18-13-19(32-28-18)14-29-7-9-31-10-8-29)12-20(23)30(15-21-24-3-4-25-21)16-22-26-5-6-27-22/h3-6,13,17,20H,7-12,14-16H2,1-2H3,(H,24,25)(H,26,27)/t17-,20+/m1/s1. The lowest BCUT2D eigenvalue weighted by molar-refractivity contribution is -0.0727. The Kier molecular flexibility index (Phi) is 6.12. The Balaban J connectivity index is 1.22. The number of imidazole rings is 2. The lowest BCUT2D eigenvalue weighted by Gasteiger charge is -2.56. The Morgan fingerprint density at radius 3 is 2.38 bits per heavy atom. The van der Waals surface area contributed by atoms with E-state index in [1.165, 1.54) is 0 Å². The Hall–Kier alpha value is -2.49. The van der Waals surface area contributed by atoms with E-state index in [2.05, 4.69) is 54.8 Å². The number of hydrogen-bond acceptors (Lipinski definition) is 7. The second-order valence-electron chi connectivity index (χ2n) is 9.62. The number of H-pyrrole nitrogens is 2. The van der Waals surface area contributed by atoms with Gasteiger partial charge in [-0.3, -0.25) is 9.80 Å². The molecular weight excluding hydrogens is 406 g/mol. The summed E-state index contributed by atoms with van der Waals surface area (Å²) in [6.07, 6.45) is 9.47. The fraction of sp³-hybridized carbons (Fsp3) is 0.609. The van der Waals surface area contributed by atoms with Crippen molar-refractivity contribution in [1.82, 2.24) is 34.9 Å². The molecule has 2 fully saturated rings. The molecular formula is C23H33N7O2. The second kappa shape index (κ2) is 9.17.